The molecule has 0 bridgehead atoms. The van der Waals surface area contributed by atoms with Gasteiger partial charge in [-0.1, -0.05) is 44.2 Å². The largest absolute Gasteiger partial charge is 0.308 e. The third kappa shape index (κ3) is 2.22. The monoisotopic (exact) mass is 268 g/mol. The number of benzene rings is 1. The maximum Gasteiger partial charge on any atom is 0.277 e. The van der Waals surface area contributed by atoms with Gasteiger partial charge in [0.2, 0.25) is 0 Å². The summed E-state index contributed by atoms with van der Waals surface area (Å²) in [6, 6.07) is 9.93. The zero-order valence-corrected chi connectivity index (χ0v) is 11.5. The molecule has 0 aliphatic carbocycles. The lowest BCUT2D eigenvalue weighted by atomic mass is 10.2. The van der Waals surface area contributed by atoms with E-state index >= 15 is 0 Å². The Balaban J connectivity index is 2.08. The lowest BCUT2D eigenvalue weighted by molar-refractivity contribution is 0.706. The number of rotatable bonds is 3. The Hall–Kier alpha value is -2.43. The van der Waals surface area contributed by atoms with E-state index < -0.39 is 0 Å². The van der Waals surface area contributed by atoms with E-state index in [2.05, 4.69) is 15.1 Å². The summed E-state index contributed by atoms with van der Waals surface area (Å²) in [6.45, 7) is 4.56. The van der Waals surface area contributed by atoms with Gasteiger partial charge < -0.3 is 4.98 Å². The minimum atomic E-state index is -0.132. The molecule has 0 fully saturated rings. The summed E-state index contributed by atoms with van der Waals surface area (Å²) in [5.74, 6) is 0.881. The van der Waals surface area contributed by atoms with Gasteiger partial charge in [0.15, 0.2) is 5.52 Å². The molecular formula is C15H16N4O. The minimum absolute atomic E-state index is 0.132. The first kappa shape index (κ1) is 12.6. The van der Waals surface area contributed by atoms with E-state index in [0.717, 1.165) is 5.56 Å². The van der Waals surface area contributed by atoms with Crippen LogP contribution in [0.25, 0.3) is 11.0 Å². The van der Waals surface area contributed by atoms with Crippen LogP contribution in [-0.2, 0) is 6.54 Å². The number of fused-ring (bicyclic) bond motifs is 1. The minimum Gasteiger partial charge on any atom is -0.308 e. The maximum atomic E-state index is 12.2. The first-order valence-electron chi connectivity index (χ1n) is 6.65. The highest BCUT2D eigenvalue weighted by atomic mass is 16.1. The molecule has 1 N–H and O–H groups in total. The van der Waals surface area contributed by atoms with E-state index in [1.54, 1.807) is 10.9 Å². The van der Waals surface area contributed by atoms with Crippen molar-refractivity contribution in [2.24, 2.45) is 0 Å². The molecule has 0 saturated carbocycles. The molecule has 0 saturated heterocycles. The van der Waals surface area contributed by atoms with Crippen LogP contribution in [0.3, 0.4) is 0 Å². The lowest BCUT2D eigenvalue weighted by Gasteiger charge is -2.05. The van der Waals surface area contributed by atoms with E-state index in [9.17, 15) is 4.79 Å². The summed E-state index contributed by atoms with van der Waals surface area (Å²) in [5, 5.41) is 4.29. The van der Waals surface area contributed by atoms with Crippen molar-refractivity contribution in [2.75, 3.05) is 0 Å². The zero-order valence-electron chi connectivity index (χ0n) is 11.5. The van der Waals surface area contributed by atoms with Crippen molar-refractivity contribution in [3.63, 3.8) is 0 Å². The highest BCUT2D eigenvalue weighted by molar-refractivity contribution is 5.72. The van der Waals surface area contributed by atoms with Crippen LogP contribution in [0, 0.1) is 0 Å². The smallest absolute Gasteiger partial charge is 0.277 e. The molecule has 5 nitrogen and oxygen atoms in total. The van der Waals surface area contributed by atoms with Crippen LogP contribution in [0.5, 0.6) is 0 Å². The number of H-pyrrole nitrogens is 1. The summed E-state index contributed by atoms with van der Waals surface area (Å²) in [6.07, 6.45) is 1.65. The van der Waals surface area contributed by atoms with Crippen LogP contribution in [0.1, 0.15) is 31.2 Å². The van der Waals surface area contributed by atoms with Crippen LogP contribution in [-0.4, -0.2) is 19.7 Å². The average Bonchev–Trinajstić information content (AvgIpc) is 2.83. The number of nitrogens with zero attached hydrogens (tertiary/aromatic N) is 3. The fourth-order valence-corrected chi connectivity index (χ4v) is 2.17. The number of hydrogen-bond donors (Lipinski definition) is 1. The SMILES string of the molecule is CC(C)c1nc2cnn(Cc3ccccc3)c2c(=O)[nH]1. The van der Waals surface area contributed by atoms with Gasteiger partial charge in [0, 0.05) is 5.92 Å². The number of aromatic nitrogens is 4. The highest BCUT2D eigenvalue weighted by Crippen LogP contribution is 2.13. The first-order valence-corrected chi connectivity index (χ1v) is 6.65. The molecule has 20 heavy (non-hydrogen) atoms. The normalized spacial score (nSPS) is 11.3. The Bertz CT molecular complexity index is 786. The first-order chi connectivity index (χ1) is 9.65. The van der Waals surface area contributed by atoms with Crippen LogP contribution < -0.4 is 5.56 Å². The van der Waals surface area contributed by atoms with Gasteiger partial charge in [-0.15, -0.1) is 0 Å². The number of aromatic amines is 1. The predicted octanol–water partition coefficient (Wildman–Crippen LogP) is 2.29. The van der Waals surface area contributed by atoms with Crippen LogP contribution in [0.2, 0.25) is 0 Å². The van der Waals surface area contributed by atoms with Gasteiger partial charge in [-0.2, -0.15) is 5.10 Å². The van der Waals surface area contributed by atoms with Gasteiger partial charge in [-0.25, -0.2) is 4.98 Å². The van der Waals surface area contributed by atoms with Crippen molar-refractivity contribution in [2.45, 2.75) is 26.3 Å². The topological polar surface area (TPSA) is 63.6 Å². The summed E-state index contributed by atoms with van der Waals surface area (Å²) >= 11 is 0. The van der Waals surface area contributed by atoms with E-state index in [1.807, 2.05) is 44.2 Å². The molecule has 5 heteroatoms. The third-order valence-electron chi connectivity index (χ3n) is 3.24. The molecule has 0 radical (unpaired) electrons. The second kappa shape index (κ2) is 4.92. The fraction of sp³-hybridized carbons (Fsp3) is 0.267. The third-order valence-corrected chi connectivity index (χ3v) is 3.24. The van der Waals surface area contributed by atoms with Crippen molar-refractivity contribution in [3.05, 3.63) is 58.3 Å². The zero-order chi connectivity index (χ0) is 14.1. The van der Waals surface area contributed by atoms with E-state index in [4.69, 9.17) is 0 Å². The molecule has 0 aliphatic heterocycles. The van der Waals surface area contributed by atoms with Gasteiger partial charge in [-0.3, -0.25) is 9.48 Å². The molecule has 0 atom stereocenters. The van der Waals surface area contributed by atoms with Crippen molar-refractivity contribution >= 4 is 11.0 Å². The molecule has 2 aromatic heterocycles. The van der Waals surface area contributed by atoms with Crippen LogP contribution in [0.15, 0.2) is 41.3 Å². The van der Waals surface area contributed by atoms with E-state index in [1.165, 1.54) is 0 Å². The van der Waals surface area contributed by atoms with Crippen molar-refractivity contribution in [1.82, 2.24) is 19.7 Å². The Morgan fingerprint density at radius 2 is 2.00 bits per heavy atom. The second-order valence-electron chi connectivity index (χ2n) is 5.13. The summed E-state index contributed by atoms with van der Waals surface area (Å²) in [4.78, 5) is 19.5. The molecule has 0 spiro atoms. The molecule has 102 valence electrons. The Morgan fingerprint density at radius 3 is 2.70 bits per heavy atom. The maximum absolute atomic E-state index is 12.2. The molecule has 0 aliphatic rings. The highest BCUT2D eigenvalue weighted by Gasteiger charge is 2.12. The number of nitrogens with one attached hydrogen (secondary N) is 1. The van der Waals surface area contributed by atoms with Crippen molar-refractivity contribution in [1.29, 1.82) is 0 Å². The van der Waals surface area contributed by atoms with Gasteiger partial charge >= 0.3 is 0 Å². The molecule has 1 aromatic carbocycles. The van der Waals surface area contributed by atoms with Gasteiger partial charge in [-0.05, 0) is 5.56 Å². The standard InChI is InChI=1S/C15H16N4O/c1-10(2)14-17-12-8-16-19(13(12)15(20)18-14)9-11-6-4-3-5-7-11/h3-8,10H,9H2,1-2H3,(H,17,18,20). The molecule has 3 rings (SSSR count). The number of hydrogen-bond acceptors (Lipinski definition) is 3. The van der Waals surface area contributed by atoms with E-state index in [-0.39, 0.29) is 11.5 Å². The quantitative estimate of drug-likeness (QED) is 0.792. The molecule has 0 amide bonds. The lowest BCUT2D eigenvalue weighted by Crippen LogP contribution is -2.16. The molecular weight excluding hydrogens is 252 g/mol. The Labute approximate surface area is 116 Å². The second-order valence-corrected chi connectivity index (χ2v) is 5.13. The van der Waals surface area contributed by atoms with E-state index in [0.29, 0.717) is 23.4 Å². The average molecular weight is 268 g/mol. The molecule has 2 heterocycles. The van der Waals surface area contributed by atoms with Crippen LogP contribution in [0.4, 0.5) is 0 Å². The Kier molecular flexibility index (Phi) is 3.10. The fourth-order valence-electron chi connectivity index (χ4n) is 2.17. The summed E-state index contributed by atoms with van der Waals surface area (Å²) in [7, 11) is 0. The van der Waals surface area contributed by atoms with Crippen LogP contribution >= 0.6 is 0 Å². The van der Waals surface area contributed by atoms with Gasteiger partial charge in [0.25, 0.3) is 5.56 Å². The predicted molar refractivity (Wildman–Crippen MR) is 77.8 cm³/mol. The molecule has 0 unspecified atom stereocenters. The van der Waals surface area contributed by atoms with Gasteiger partial charge in [0.1, 0.15) is 11.3 Å². The van der Waals surface area contributed by atoms with Crippen molar-refractivity contribution in [3.8, 4) is 0 Å². The van der Waals surface area contributed by atoms with Gasteiger partial charge in [0.05, 0.1) is 12.7 Å². The summed E-state index contributed by atoms with van der Waals surface area (Å²) < 4.78 is 1.70. The Morgan fingerprint density at radius 1 is 1.25 bits per heavy atom. The summed E-state index contributed by atoms with van der Waals surface area (Å²) in [5.41, 5.74) is 2.14. The molecule has 3 aromatic rings. The van der Waals surface area contributed by atoms with Crippen molar-refractivity contribution < 1.29 is 0 Å².